The molecule has 92 valence electrons. The Labute approximate surface area is 97.8 Å². The van der Waals surface area contributed by atoms with Crippen LogP contribution in [0.5, 0.6) is 0 Å². The van der Waals surface area contributed by atoms with E-state index in [0.717, 1.165) is 0 Å². The largest absolute Gasteiger partial charge is 0.344 e. The van der Waals surface area contributed by atoms with Crippen LogP contribution >= 0.6 is 12.6 Å². The fraction of sp³-hybridized carbons (Fsp3) is 0.571. The summed E-state index contributed by atoms with van der Waals surface area (Å²) in [6.45, 7) is 0. The van der Waals surface area contributed by atoms with Crippen molar-refractivity contribution >= 4 is 30.4 Å². The highest BCUT2D eigenvalue weighted by atomic mass is 32.1. The molecule has 8 nitrogen and oxygen atoms in total. The topological polar surface area (TPSA) is 139 Å². The van der Waals surface area contributed by atoms with Gasteiger partial charge in [-0.15, -0.1) is 0 Å². The van der Waals surface area contributed by atoms with Crippen LogP contribution in [0, 0.1) is 0 Å². The zero-order chi connectivity index (χ0) is 12.6. The molecule has 1 unspecified atom stereocenters. The molecule has 0 aliphatic heterocycles. The second-order valence-corrected chi connectivity index (χ2v) is 3.21. The summed E-state index contributed by atoms with van der Waals surface area (Å²) < 4.78 is 0. The summed E-state index contributed by atoms with van der Waals surface area (Å²) in [6.07, 6.45) is 0.104. The van der Waals surface area contributed by atoms with Crippen LogP contribution in [0.25, 0.3) is 0 Å². The molecule has 0 saturated carbocycles. The van der Waals surface area contributed by atoms with Crippen molar-refractivity contribution in [3.63, 3.8) is 0 Å². The van der Waals surface area contributed by atoms with Gasteiger partial charge in [0.2, 0.25) is 11.8 Å². The number of hydrogen-bond acceptors (Lipinski definition) is 6. The summed E-state index contributed by atoms with van der Waals surface area (Å²) in [5.74, 6) is 8.30. The van der Waals surface area contributed by atoms with E-state index in [1.54, 1.807) is 0 Å². The van der Waals surface area contributed by atoms with E-state index in [0.29, 0.717) is 0 Å². The Bertz CT molecular complexity index is 273. The van der Waals surface area contributed by atoms with E-state index < -0.39 is 23.8 Å². The Morgan fingerprint density at radius 2 is 1.75 bits per heavy atom. The zero-order valence-corrected chi connectivity index (χ0v) is 9.42. The average Bonchev–Trinajstić information content (AvgIpc) is 2.32. The molecule has 9 heteroatoms. The molecule has 0 aliphatic rings. The van der Waals surface area contributed by atoms with Crippen LogP contribution in [0.3, 0.4) is 0 Å². The quantitative estimate of drug-likeness (QED) is 0.130. The van der Waals surface area contributed by atoms with Gasteiger partial charge in [-0.25, -0.2) is 11.7 Å². The average molecular weight is 249 g/mol. The van der Waals surface area contributed by atoms with E-state index >= 15 is 0 Å². The number of rotatable bonds is 6. The molecule has 0 aliphatic carbocycles. The molecule has 0 aromatic rings. The maximum Gasteiger partial charge on any atom is 0.256 e. The lowest BCUT2D eigenvalue weighted by atomic mass is 10.1. The highest BCUT2D eigenvalue weighted by Crippen LogP contribution is 1.97. The summed E-state index contributed by atoms with van der Waals surface area (Å²) >= 11 is 3.74. The molecule has 3 amide bonds. The van der Waals surface area contributed by atoms with Crippen molar-refractivity contribution in [2.45, 2.75) is 18.9 Å². The minimum Gasteiger partial charge on any atom is -0.344 e. The lowest BCUT2D eigenvalue weighted by Crippen LogP contribution is -2.49. The Morgan fingerprint density at radius 3 is 2.19 bits per heavy atom. The Kier molecular flexibility index (Phi) is 7.25. The second-order valence-electron chi connectivity index (χ2n) is 2.89. The van der Waals surface area contributed by atoms with Gasteiger partial charge in [-0.05, 0) is 6.42 Å². The Balaban J connectivity index is 4.26. The molecule has 1 atom stereocenters. The smallest absolute Gasteiger partial charge is 0.256 e. The molecule has 16 heavy (non-hydrogen) atoms. The van der Waals surface area contributed by atoms with E-state index in [1.165, 1.54) is 0 Å². The van der Waals surface area contributed by atoms with Crippen LogP contribution in [-0.4, -0.2) is 29.5 Å². The Hall–Kier alpha value is -1.32. The van der Waals surface area contributed by atoms with Crippen LogP contribution in [0.2, 0.25) is 0 Å². The van der Waals surface area contributed by atoms with Crippen LogP contribution in [0.4, 0.5) is 0 Å². The third-order valence-corrected chi connectivity index (χ3v) is 2.05. The molecule has 0 saturated heterocycles. The lowest BCUT2D eigenvalue weighted by Gasteiger charge is -2.15. The lowest BCUT2D eigenvalue weighted by molar-refractivity contribution is -0.128. The summed E-state index contributed by atoms with van der Waals surface area (Å²) in [5, 5.41) is 2.37. The minimum absolute atomic E-state index is 0.00143. The van der Waals surface area contributed by atoms with Crippen molar-refractivity contribution in [2.75, 3.05) is 5.75 Å². The van der Waals surface area contributed by atoms with E-state index in [2.05, 4.69) is 17.9 Å². The third kappa shape index (κ3) is 5.53. The number of nitrogens with one attached hydrogen (secondary N) is 3. The van der Waals surface area contributed by atoms with Gasteiger partial charge in [-0.3, -0.25) is 25.2 Å². The van der Waals surface area contributed by atoms with Crippen molar-refractivity contribution in [3.05, 3.63) is 0 Å². The molecule has 0 aromatic heterocycles. The number of hydrogen-bond donors (Lipinski definition) is 6. The van der Waals surface area contributed by atoms with Gasteiger partial charge in [0.05, 0.1) is 5.75 Å². The van der Waals surface area contributed by atoms with Gasteiger partial charge in [-0.1, -0.05) is 0 Å². The molecule has 0 aromatic carbocycles. The number of hydrazine groups is 2. The van der Waals surface area contributed by atoms with E-state index in [-0.39, 0.29) is 18.6 Å². The fourth-order valence-electron chi connectivity index (χ4n) is 0.957. The molecular formula is C7H15N5O3S. The van der Waals surface area contributed by atoms with Crippen LogP contribution in [0.1, 0.15) is 12.8 Å². The van der Waals surface area contributed by atoms with E-state index in [1.807, 2.05) is 10.9 Å². The zero-order valence-electron chi connectivity index (χ0n) is 8.53. The van der Waals surface area contributed by atoms with Gasteiger partial charge in [0.25, 0.3) is 5.91 Å². The van der Waals surface area contributed by atoms with Gasteiger partial charge in [0, 0.05) is 6.42 Å². The Morgan fingerprint density at radius 1 is 1.12 bits per heavy atom. The molecule has 0 bridgehead atoms. The number of carbonyl (C=O) groups excluding carboxylic acids is 3. The van der Waals surface area contributed by atoms with E-state index in [4.69, 9.17) is 11.7 Å². The van der Waals surface area contributed by atoms with Crippen LogP contribution in [0.15, 0.2) is 0 Å². The maximum atomic E-state index is 11.2. The first-order valence-corrected chi connectivity index (χ1v) is 5.08. The van der Waals surface area contributed by atoms with Crippen LogP contribution < -0.4 is 27.9 Å². The molecule has 0 radical (unpaired) electrons. The van der Waals surface area contributed by atoms with Crippen molar-refractivity contribution in [1.82, 2.24) is 16.2 Å². The monoisotopic (exact) mass is 249 g/mol. The number of carbonyl (C=O) groups is 3. The summed E-state index contributed by atoms with van der Waals surface area (Å²) in [4.78, 5) is 33.1. The number of amides is 3. The summed E-state index contributed by atoms with van der Waals surface area (Å²) in [6, 6.07) is -0.873. The SMILES string of the molecule is NNC(=O)CCC(NC(=O)CS)C(=O)NN. The second kappa shape index (κ2) is 7.91. The molecule has 7 N–H and O–H groups in total. The standard InChI is InChI=1S/C7H15N5O3S/c8-11-5(13)2-1-4(7(15)12-9)10-6(14)3-16/h4,16H,1-3,8-9H2,(H,10,14)(H,11,13)(H,12,15). The first-order valence-electron chi connectivity index (χ1n) is 4.45. The van der Waals surface area contributed by atoms with Crippen molar-refractivity contribution < 1.29 is 14.4 Å². The summed E-state index contributed by atoms with van der Waals surface area (Å²) in [7, 11) is 0. The number of nitrogens with two attached hydrogens (primary N) is 2. The fourth-order valence-corrected chi connectivity index (χ4v) is 1.05. The van der Waals surface area contributed by atoms with Crippen LogP contribution in [-0.2, 0) is 14.4 Å². The predicted molar refractivity (Wildman–Crippen MR) is 59.7 cm³/mol. The first kappa shape index (κ1) is 14.7. The first-order chi connectivity index (χ1) is 7.54. The van der Waals surface area contributed by atoms with Crippen molar-refractivity contribution in [1.29, 1.82) is 0 Å². The van der Waals surface area contributed by atoms with Crippen molar-refractivity contribution in [2.24, 2.45) is 11.7 Å². The molecule has 0 rings (SSSR count). The molecule has 0 heterocycles. The molecular weight excluding hydrogens is 234 g/mol. The summed E-state index contributed by atoms with van der Waals surface area (Å²) in [5.41, 5.74) is 3.81. The van der Waals surface area contributed by atoms with E-state index in [9.17, 15) is 14.4 Å². The van der Waals surface area contributed by atoms with Crippen molar-refractivity contribution in [3.8, 4) is 0 Å². The van der Waals surface area contributed by atoms with Gasteiger partial charge in [-0.2, -0.15) is 12.6 Å². The highest BCUT2D eigenvalue weighted by Gasteiger charge is 2.20. The molecule has 0 spiro atoms. The van der Waals surface area contributed by atoms with Gasteiger partial charge < -0.3 is 5.32 Å². The minimum atomic E-state index is -0.873. The molecule has 0 fully saturated rings. The van der Waals surface area contributed by atoms with Gasteiger partial charge in [0.15, 0.2) is 0 Å². The van der Waals surface area contributed by atoms with Gasteiger partial charge in [0.1, 0.15) is 6.04 Å². The number of thiol groups is 1. The highest BCUT2D eigenvalue weighted by molar-refractivity contribution is 7.81. The predicted octanol–water partition coefficient (Wildman–Crippen LogP) is -2.84. The maximum absolute atomic E-state index is 11.2. The normalized spacial score (nSPS) is 11.4. The third-order valence-electron chi connectivity index (χ3n) is 1.76. The van der Waals surface area contributed by atoms with Gasteiger partial charge >= 0.3 is 0 Å².